The average molecular weight is 264 g/mol. The third-order valence-corrected chi connectivity index (χ3v) is 3.04. The Morgan fingerprint density at radius 3 is 2.79 bits per heavy atom. The monoisotopic (exact) mass is 264 g/mol. The van der Waals surface area contributed by atoms with Crippen LogP contribution in [-0.2, 0) is 9.63 Å². The predicted molar refractivity (Wildman–Crippen MR) is 72.7 cm³/mol. The number of hydroxylamine groups is 1. The van der Waals surface area contributed by atoms with Crippen molar-refractivity contribution in [1.82, 2.24) is 15.4 Å². The fourth-order valence-electron chi connectivity index (χ4n) is 2.06. The molecule has 0 aliphatic carbocycles. The molecule has 1 aromatic heterocycles. The van der Waals surface area contributed by atoms with Gasteiger partial charge in [-0.3, -0.25) is 14.5 Å². The Morgan fingerprint density at radius 2 is 2.16 bits per heavy atom. The SMILES string of the molecule is CCONC(=O)CN1CCN(c2ccccn2)CC1. The number of carbonyl (C=O) groups is 1. The van der Waals surface area contributed by atoms with Gasteiger partial charge in [-0.15, -0.1) is 0 Å². The molecule has 0 atom stereocenters. The molecular weight excluding hydrogens is 244 g/mol. The zero-order chi connectivity index (χ0) is 13.5. The van der Waals surface area contributed by atoms with Crippen LogP contribution < -0.4 is 10.4 Å². The minimum absolute atomic E-state index is 0.0897. The van der Waals surface area contributed by atoms with E-state index in [0.717, 1.165) is 32.0 Å². The number of piperazine rings is 1. The fraction of sp³-hybridized carbons (Fsp3) is 0.538. The van der Waals surface area contributed by atoms with E-state index in [1.54, 1.807) is 6.20 Å². The lowest BCUT2D eigenvalue weighted by molar-refractivity contribution is -0.134. The van der Waals surface area contributed by atoms with Gasteiger partial charge in [0.1, 0.15) is 5.82 Å². The summed E-state index contributed by atoms with van der Waals surface area (Å²) in [5.74, 6) is 0.911. The van der Waals surface area contributed by atoms with Gasteiger partial charge in [-0.25, -0.2) is 10.5 Å². The molecule has 6 heteroatoms. The normalized spacial score (nSPS) is 16.4. The van der Waals surface area contributed by atoms with Crippen molar-refractivity contribution in [1.29, 1.82) is 0 Å². The summed E-state index contributed by atoms with van der Waals surface area (Å²) in [6, 6.07) is 5.92. The van der Waals surface area contributed by atoms with Gasteiger partial charge in [0.2, 0.25) is 0 Å². The summed E-state index contributed by atoms with van der Waals surface area (Å²) in [7, 11) is 0. The number of hydrogen-bond acceptors (Lipinski definition) is 5. The second-order valence-electron chi connectivity index (χ2n) is 4.41. The highest BCUT2D eigenvalue weighted by Crippen LogP contribution is 2.11. The minimum Gasteiger partial charge on any atom is -0.354 e. The van der Waals surface area contributed by atoms with Gasteiger partial charge in [0.05, 0.1) is 13.2 Å². The molecule has 1 saturated heterocycles. The number of carbonyl (C=O) groups excluding carboxylic acids is 1. The van der Waals surface area contributed by atoms with Crippen LogP contribution in [-0.4, -0.2) is 55.1 Å². The summed E-state index contributed by atoms with van der Waals surface area (Å²) in [4.78, 5) is 25.1. The van der Waals surface area contributed by atoms with E-state index in [1.165, 1.54) is 0 Å². The van der Waals surface area contributed by atoms with Gasteiger partial charge in [-0.2, -0.15) is 0 Å². The van der Waals surface area contributed by atoms with Crippen molar-refractivity contribution in [2.24, 2.45) is 0 Å². The second-order valence-corrected chi connectivity index (χ2v) is 4.41. The van der Waals surface area contributed by atoms with E-state index in [0.29, 0.717) is 13.2 Å². The quantitative estimate of drug-likeness (QED) is 0.774. The number of pyridine rings is 1. The fourth-order valence-corrected chi connectivity index (χ4v) is 2.06. The Labute approximate surface area is 113 Å². The Balaban J connectivity index is 1.75. The lowest BCUT2D eigenvalue weighted by Crippen LogP contribution is -2.49. The Kier molecular flexibility index (Phi) is 5.11. The number of hydrogen-bond donors (Lipinski definition) is 1. The second kappa shape index (κ2) is 7.06. The van der Waals surface area contributed by atoms with Crippen LogP contribution in [0, 0.1) is 0 Å². The first-order valence-electron chi connectivity index (χ1n) is 6.58. The van der Waals surface area contributed by atoms with Crippen molar-refractivity contribution in [3.05, 3.63) is 24.4 Å². The molecule has 2 rings (SSSR count). The van der Waals surface area contributed by atoms with Gasteiger partial charge < -0.3 is 4.90 Å². The maximum absolute atomic E-state index is 11.5. The van der Waals surface area contributed by atoms with E-state index < -0.39 is 0 Å². The van der Waals surface area contributed by atoms with Gasteiger partial charge in [0.25, 0.3) is 5.91 Å². The number of rotatable bonds is 5. The molecule has 0 unspecified atom stereocenters. The number of anilines is 1. The van der Waals surface area contributed by atoms with Gasteiger partial charge in [-0.1, -0.05) is 6.07 Å². The van der Waals surface area contributed by atoms with Crippen LogP contribution >= 0.6 is 0 Å². The van der Waals surface area contributed by atoms with Gasteiger partial charge in [0.15, 0.2) is 0 Å². The number of nitrogens with zero attached hydrogens (tertiary/aromatic N) is 3. The van der Waals surface area contributed by atoms with Crippen LogP contribution in [0.4, 0.5) is 5.82 Å². The van der Waals surface area contributed by atoms with Crippen molar-refractivity contribution < 1.29 is 9.63 Å². The molecule has 1 aliphatic heterocycles. The zero-order valence-corrected chi connectivity index (χ0v) is 11.2. The van der Waals surface area contributed by atoms with Crippen LogP contribution in [0.25, 0.3) is 0 Å². The van der Waals surface area contributed by atoms with Crippen molar-refractivity contribution >= 4 is 11.7 Å². The highest BCUT2D eigenvalue weighted by atomic mass is 16.6. The molecule has 1 fully saturated rings. The summed E-state index contributed by atoms with van der Waals surface area (Å²) in [5.41, 5.74) is 2.42. The molecule has 2 heterocycles. The topological polar surface area (TPSA) is 57.7 Å². The Morgan fingerprint density at radius 1 is 1.37 bits per heavy atom. The molecule has 104 valence electrons. The molecule has 0 aromatic carbocycles. The van der Waals surface area contributed by atoms with E-state index in [1.807, 2.05) is 25.1 Å². The van der Waals surface area contributed by atoms with E-state index in [2.05, 4.69) is 20.3 Å². The van der Waals surface area contributed by atoms with Crippen molar-refractivity contribution in [3.63, 3.8) is 0 Å². The molecule has 0 saturated carbocycles. The molecule has 19 heavy (non-hydrogen) atoms. The summed E-state index contributed by atoms with van der Waals surface area (Å²) in [5, 5.41) is 0. The van der Waals surface area contributed by atoms with Crippen LogP contribution in [0.15, 0.2) is 24.4 Å². The smallest absolute Gasteiger partial charge is 0.257 e. The number of aromatic nitrogens is 1. The summed E-state index contributed by atoms with van der Waals surface area (Å²) in [6.07, 6.45) is 1.80. The molecule has 0 spiro atoms. The molecule has 1 aliphatic rings. The number of nitrogens with one attached hydrogen (secondary N) is 1. The molecule has 1 aromatic rings. The first-order valence-corrected chi connectivity index (χ1v) is 6.58. The standard InChI is InChI=1S/C13H20N4O2/c1-2-19-15-13(18)11-16-7-9-17(10-8-16)12-5-3-4-6-14-12/h3-6H,2,7-11H2,1H3,(H,15,18). The number of amides is 1. The van der Waals surface area contributed by atoms with Crippen LogP contribution in [0.3, 0.4) is 0 Å². The van der Waals surface area contributed by atoms with Gasteiger partial charge >= 0.3 is 0 Å². The van der Waals surface area contributed by atoms with E-state index in [9.17, 15) is 4.79 Å². The van der Waals surface area contributed by atoms with Crippen LogP contribution in [0.1, 0.15) is 6.92 Å². The molecule has 6 nitrogen and oxygen atoms in total. The summed E-state index contributed by atoms with van der Waals surface area (Å²) in [6.45, 7) is 6.20. The van der Waals surface area contributed by atoms with Crippen molar-refractivity contribution in [3.8, 4) is 0 Å². The lowest BCUT2D eigenvalue weighted by atomic mass is 10.3. The molecule has 1 N–H and O–H groups in total. The Hall–Kier alpha value is -1.66. The van der Waals surface area contributed by atoms with Gasteiger partial charge in [0, 0.05) is 32.4 Å². The first kappa shape index (κ1) is 13.8. The summed E-state index contributed by atoms with van der Waals surface area (Å²) >= 11 is 0. The third-order valence-electron chi connectivity index (χ3n) is 3.04. The maximum Gasteiger partial charge on any atom is 0.257 e. The zero-order valence-electron chi connectivity index (χ0n) is 11.2. The first-order chi connectivity index (χ1) is 9.29. The average Bonchev–Trinajstić information content (AvgIpc) is 2.47. The van der Waals surface area contributed by atoms with E-state index in [4.69, 9.17) is 4.84 Å². The highest BCUT2D eigenvalue weighted by Gasteiger charge is 2.19. The van der Waals surface area contributed by atoms with Crippen molar-refractivity contribution in [2.75, 3.05) is 44.2 Å². The molecule has 0 radical (unpaired) electrons. The Bertz CT molecular complexity index is 391. The van der Waals surface area contributed by atoms with E-state index in [-0.39, 0.29) is 5.91 Å². The largest absolute Gasteiger partial charge is 0.354 e. The van der Waals surface area contributed by atoms with Crippen LogP contribution in [0.5, 0.6) is 0 Å². The summed E-state index contributed by atoms with van der Waals surface area (Å²) < 4.78 is 0. The van der Waals surface area contributed by atoms with Crippen molar-refractivity contribution in [2.45, 2.75) is 6.92 Å². The third kappa shape index (κ3) is 4.18. The maximum atomic E-state index is 11.5. The molecular formula is C13H20N4O2. The van der Waals surface area contributed by atoms with Gasteiger partial charge in [-0.05, 0) is 19.1 Å². The minimum atomic E-state index is -0.0897. The molecule has 0 bridgehead atoms. The van der Waals surface area contributed by atoms with E-state index >= 15 is 0 Å². The predicted octanol–water partition coefficient (Wildman–Crippen LogP) is 0.271. The molecule has 1 amide bonds. The highest BCUT2D eigenvalue weighted by molar-refractivity contribution is 5.76. The lowest BCUT2D eigenvalue weighted by Gasteiger charge is -2.34. The van der Waals surface area contributed by atoms with Crippen LogP contribution in [0.2, 0.25) is 0 Å².